The average Bonchev–Trinajstić information content (AvgIpc) is 2.44. The van der Waals surface area contributed by atoms with Gasteiger partial charge in [-0.05, 0) is 38.0 Å². The van der Waals surface area contributed by atoms with E-state index in [0.717, 1.165) is 24.7 Å². The van der Waals surface area contributed by atoms with Gasteiger partial charge in [-0.3, -0.25) is 4.79 Å². The van der Waals surface area contributed by atoms with Gasteiger partial charge in [-0.1, -0.05) is 37.9 Å². The molecule has 0 saturated heterocycles. The van der Waals surface area contributed by atoms with Crippen molar-refractivity contribution in [1.29, 1.82) is 0 Å². The Balaban J connectivity index is 1.95. The van der Waals surface area contributed by atoms with Crippen molar-refractivity contribution in [3.8, 4) is 0 Å². The molecule has 108 valence electrons. The van der Waals surface area contributed by atoms with Gasteiger partial charge < -0.3 is 10.6 Å². The molecule has 2 aliphatic carbocycles. The maximum Gasteiger partial charge on any atom is 0.226 e. The lowest BCUT2D eigenvalue weighted by molar-refractivity contribution is -0.137. The fourth-order valence-corrected chi connectivity index (χ4v) is 3.93. The Morgan fingerprint density at radius 2 is 1.84 bits per heavy atom. The van der Waals surface area contributed by atoms with Crippen molar-refractivity contribution in [3.63, 3.8) is 0 Å². The molecule has 4 unspecified atom stereocenters. The van der Waals surface area contributed by atoms with Crippen molar-refractivity contribution in [3.05, 3.63) is 0 Å². The van der Waals surface area contributed by atoms with Crippen LogP contribution in [-0.4, -0.2) is 28.9 Å². The van der Waals surface area contributed by atoms with E-state index in [0.29, 0.717) is 4.99 Å². The van der Waals surface area contributed by atoms with Crippen LogP contribution in [0.3, 0.4) is 0 Å². The number of hydrogen-bond donors (Lipinski definition) is 1. The Bertz CT molecular complexity index is 358. The average molecular weight is 282 g/mol. The largest absolute Gasteiger partial charge is 0.392 e. The van der Waals surface area contributed by atoms with Gasteiger partial charge in [0.05, 0.1) is 11.0 Å². The first-order valence-electron chi connectivity index (χ1n) is 7.56. The molecule has 1 amide bonds. The second-order valence-electron chi connectivity index (χ2n) is 6.34. The standard InChI is InChI=1S/C15H26N2OS/c1-10(14(16)19)17(2)15(18)13-8-7-11-5-3-4-6-12(11)9-13/h10-13H,3-9H2,1-2H3,(H2,16,19). The molecule has 2 rings (SSSR count). The minimum Gasteiger partial charge on any atom is -0.392 e. The number of thiocarbonyl (C=S) groups is 1. The molecule has 0 bridgehead atoms. The molecule has 0 aromatic heterocycles. The Labute approximate surface area is 121 Å². The van der Waals surface area contributed by atoms with Crippen LogP contribution in [0, 0.1) is 17.8 Å². The highest BCUT2D eigenvalue weighted by Gasteiger charge is 2.36. The first-order valence-corrected chi connectivity index (χ1v) is 7.97. The molecule has 2 aliphatic rings. The summed E-state index contributed by atoms with van der Waals surface area (Å²) in [6.45, 7) is 1.91. The molecule has 19 heavy (non-hydrogen) atoms. The highest BCUT2D eigenvalue weighted by molar-refractivity contribution is 7.80. The van der Waals surface area contributed by atoms with Crippen molar-refractivity contribution in [2.45, 2.75) is 57.9 Å². The van der Waals surface area contributed by atoms with E-state index in [1.807, 2.05) is 14.0 Å². The van der Waals surface area contributed by atoms with Crippen molar-refractivity contribution in [2.75, 3.05) is 7.05 Å². The lowest BCUT2D eigenvalue weighted by Crippen LogP contribution is -2.46. The second-order valence-corrected chi connectivity index (χ2v) is 6.81. The molecule has 2 N–H and O–H groups in total. The van der Waals surface area contributed by atoms with E-state index in [1.165, 1.54) is 32.1 Å². The molecule has 0 radical (unpaired) electrons. The van der Waals surface area contributed by atoms with E-state index in [4.69, 9.17) is 18.0 Å². The SMILES string of the molecule is CC(C(N)=S)N(C)C(=O)C1CCC2CCCCC2C1. The third kappa shape index (κ3) is 3.28. The topological polar surface area (TPSA) is 46.3 Å². The summed E-state index contributed by atoms with van der Waals surface area (Å²) in [5, 5.41) is 0. The minimum absolute atomic E-state index is 0.133. The zero-order chi connectivity index (χ0) is 14.0. The molecule has 0 aromatic carbocycles. The summed E-state index contributed by atoms with van der Waals surface area (Å²) in [6.07, 6.45) is 8.80. The molecule has 0 aliphatic heterocycles. The maximum absolute atomic E-state index is 12.5. The zero-order valence-electron chi connectivity index (χ0n) is 12.1. The lowest BCUT2D eigenvalue weighted by atomic mass is 9.67. The number of fused-ring (bicyclic) bond motifs is 1. The number of nitrogens with two attached hydrogens (primary N) is 1. The highest BCUT2D eigenvalue weighted by atomic mass is 32.1. The highest BCUT2D eigenvalue weighted by Crippen LogP contribution is 2.43. The number of hydrogen-bond acceptors (Lipinski definition) is 2. The fraction of sp³-hybridized carbons (Fsp3) is 0.867. The van der Waals surface area contributed by atoms with Crippen LogP contribution in [0.2, 0.25) is 0 Å². The maximum atomic E-state index is 12.5. The number of carbonyl (C=O) groups is 1. The number of likely N-dealkylation sites (N-methyl/N-ethyl adjacent to an activating group) is 1. The first kappa shape index (κ1) is 14.8. The predicted octanol–water partition coefficient (Wildman–Crippen LogP) is 2.73. The number of carbonyl (C=O) groups excluding carboxylic acids is 1. The summed E-state index contributed by atoms with van der Waals surface area (Å²) >= 11 is 4.99. The number of rotatable bonds is 3. The summed E-state index contributed by atoms with van der Waals surface area (Å²) in [6, 6.07) is -0.133. The van der Waals surface area contributed by atoms with Crippen molar-refractivity contribution >= 4 is 23.1 Å². The van der Waals surface area contributed by atoms with Crippen LogP contribution in [0.5, 0.6) is 0 Å². The summed E-state index contributed by atoms with van der Waals surface area (Å²) in [5.41, 5.74) is 5.65. The van der Waals surface area contributed by atoms with Crippen molar-refractivity contribution < 1.29 is 4.79 Å². The van der Waals surface area contributed by atoms with E-state index in [1.54, 1.807) is 4.90 Å². The van der Waals surface area contributed by atoms with Gasteiger partial charge in [0.15, 0.2) is 0 Å². The van der Waals surface area contributed by atoms with Crippen molar-refractivity contribution in [2.24, 2.45) is 23.5 Å². The van der Waals surface area contributed by atoms with E-state index in [-0.39, 0.29) is 17.9 Å². The van der Waals surface area contributed by atoms with Gasteiger partial charge in [-0.15, -0.1) is 0 Å². The molecular formula is C15H26N2OS. The van der Waals surface area contributed by atoms with Gasteiger partial charge in [0.2, 0.25) is 5.91 Å². The lowest BCUT2D eigenvalue weighted by Gasteiger charge is -2.40. The molecule has 2 fully saturated rings. The van der Waals surface area contributed by atoms with Gasteiger partial charge in [0.1, 0.15) is 0 Å². The van der Waals surface area contributed by atoms with E-state index < -0.39 is 0 Å². The molecule has 3 nitrogen and oxygen atoms in total. The Kier molecular flexibility index (Phi) is 4.82. The van der Waals surface area contributed by atoms with Crippen molar-refractivity contribution in [1.82, 2.24) is 4.90 Å². The normalized spacial score (nSPS) is 32.2. The summed E-state index contributed by atoms with van der Waals surface area (Å²) in [5.74, 6) is 2.10. The first-order chi connectivity index (χ1) is 9.00. The molecule has 2 saturated carbocycles. The summed E-state index contributed by atoms with van der Waals surface area (Å²) in [4.78, 5) is 14.7. The quantitative estimate of drug-likeness (QED) is 0.810. The smallest absolute Gasteiger partial charge is 0.226 e. The summed E-state index contributed by atoms with van der Waals surface area (Å²) < 4.78 is 0. The Hall–Kier alpha value is -0.640. The monoisotopic (exact) mass is 282 g/mol. The van der Waals surface area contributed by atoms with Crippen LogP contribution < -0.4 is 5.73 Å². The van der Waals surface area contributed by atoms with Crippen LogP contribution in [0.25, 0.3) is 0 Å². The molecule has 4 heteroatoms. The van der Waals surface area contributed by atoms with Crippen LogP contribution >= 0.6 is 12.2 Å². The fourth-order valence-electron chi connectivity index (χ4n) is 3.77. The third-order valence-electron chi connectivity index (χ3n) is 5.23. The van der Waals surface area contributed by atoms with Gasteiger partial charge in [0.25, 0.3) is 0 Å². The van der Waals surface area contributed by atoms with E-state index in [9.17, 15) is 4.79 Å². The van der Waals surface area contributed by atoms with Gasteiger partial charge in [0, 0.05) is 13.0 Å². The van der Waals surface area contributed by atoms with Gasteiger partial charge in [-0.2, -0.15) is 0 Å². The molecule has 0 heterocycles. The van der Waals surface area contributed by atoms with Gasteiger partial charge >= 0.3 is 0 Å². The van der Waals surface area contributed by atoms with Crippen LogP contribution in [0.4, 0.5) is 0 Å². The third-order valence-corrected chi connectivity index (χ3v) is 5.57. The van der Waals surface area contributed by atoms with Crippen LogP contribution in [-0.2, 0) is 4.79 Å². The molecule has 0 aromatic rings. The number of nitrogens with zero attached hydrogens (tertiary/aromatic N) is 1. The Morgan fingerprint density at radius 1 is 1.21 bits per heavy atom. The van der Waals surface area contributed by atoms with Crippen LogP contribution in [0.1, 0.15) is 51.9 Å². The number of amides is 1. The molecular weight excluding hydrogens is 256 g/mol. The zero-order valence-corrected chi connectivity index (χ0v) is 12.9. The van der Waals surface area contributed by atoms with E-state index >= 15 is 0 Å². The minimum atomic E-state index is -0.133. The Morgan fingerprint density at radius 3 is 2.47 bits per heavy atom. The summed E-state index contributed by atoms with van der Waals surface area (Å²) in [7, 11) is 1.83. The second kappa shape index (κ2) is 6.21. The van der Waals surface area contributed by atoms with Crippen LogP contribution in [0.15, 0.2) is 0 Å². The molecule has 0 spiro atoms. The van der Waals surface area contributed by atoms with Gasteiger partial charge in [-0.25, -0.2) is 0 Å². The molecule has 4 atom stereocenters. The predicted molar refractivity (Wildman–Crippen MR) is 81.8 cm³/mol. The van der Waals surface area contributed by atoms with E-state index in [2.05, 4.69) is 0 Å².